The van der Waals surface area contributed by atoms with Crippen molar-refractivity contribution in [2.45, 2.75) is 20.4 Å². The fourth-order valence-electron chi connectivity index (χ4n) is 3.24. The van der Waals surface area contributed by atoms with E-state index < -0.39 is 0 Å². The molecule has 0 fully saturated rings. The summed E-state index contributed by atoms with van der Waals surface area (Å²) in [6, 6.07) is 15.6. The fraction of sp³-hybridized carbons (Fsp3) is 0.227. The number of aromatic nitrogens is 4. The van der Waals surface area contributed by atoms with E-state index in [9.17, 15) is 4.79 Å². The molecule has 0 aliphatic carbocycles. The number of carbonyl (C=O) groups excluding carboxylic acids is 1. The third kappa shape index (κ3) is 3.85. The van der Waals surface area contributed by atoms with E-state index in [1.807, 2.05) is 68.6 Å². The molecule has 4 rings (SSSR count). The normalized spacial score (nSPS) is 11.0. The molecule has 0 unspecified atom stereocenters. The van der Waals surface area contributed by atoms with Gasteiger partial charge in [0.15, 0.2) is 0 Å². The maximum absolute atomic E-state index is 12.9. The molecule has 0 radical (unpaired) electrons. The van der Waals surface area contributed by atoms with Gasteiger partial charge in [-0.3, -0.25) is 4.79 Å². The van der Waals surface area contributed by atoms with Crippen molar-refractivity contribution in [1.82, 2.24) is 24.9 Å². The molecule has 2 aromatic carbocycles. The van der Waals surface area contributed by atoms with Crippen LogP contribution < -0.4 is 4.74 Å². The molecule has 4 aromatic rings. The Morgan fingerprint density at radius 3 is 2.76 bits per heavy atom. The van der Waals surface area contributed by atoms with E-state index in [1.165, 1.54) is 5.56 Å². The lowest BCUT2D eigenvalue weighted by molar-refractivity contribution is 0.0778. The van der Waals surface area contributed by atoms with E-state index in [0.717, 1.165) is 22.3 Å². The second-order valence-corrected chi connectivity index (χ2v) is 6.98. The molecule has 0 spiro atoms. The molecule has 7 heteroatoms. The number of rotatable bonds is 6. The Bertz CT molecular complexity index is 1140. The number of ether oxygens (including phenoxy) is 1. The molecule has 148 valence electrons. The first-order valence-corrected chi connectivity index (χ1v) is 9.53. The molecule has 1 amide bonds. The van der Waals surface area contributed by atoms with Crippen molar-refractivity contribution in [2.24, 2.45) is 0 Å². The third-order valence-electron chi connectivity index (χ3n) is 4.74. The monoisotopic (exact) mass is 389 g/mol. The van der Waals surface area contributed by atoms with Crippen LogP contribution in [-0.4, -0.2) is 44.4 Å². The molecule has 0 aliphatic heterocycles. The summed E-state index contributed by atoms with van der Waals surface area (Å²) in [4.78, 5) is 17.7. The molecule has 0 aliphatic rings. The van der Waals surface area contributed by atoms with Gasteiger partial charge in [0.1, 0.15) is 17.1 Å². The molecule has 29 heavy (non-hydrogen) atoms. The topological polar surface area (TPSA) is 76.0 Å². The van der Waals surface area contributed by atoms with Gasteiger partial charge in [-0.2, -0.15) is 0 Å². The van der Waals surface area contributed by atoms with Crippen LogP contribution in [0.1, 0.15) is 28.7 Å². The number of amides is 1. The summed E-state index contributed by atoms with van der Waals surface area (Å²) in [5.41, 5.74) is 4.22. The van der Waals surface area contributed by atoms with Gasteiger partial charge in [-0.25, -0.2) is 4.68 Å². The van der Waals surface area contributed by atoms with Crippen LogP contribution in [0.15, 0.2) is 54.7 Å². The molecule has 7 nitrogen and oxygen atoms in total. The highest BCUT2D eigenvalue weighted by molar-refractivity contribution is 5.99. The van der Waals surface area contributed by atoms with Crippen molar-refractivity contribution in [1.29, 1.82) is 0 Å². The standard InChI is InChI=1S/C22H23N5O2/c1-4-29-21-7-5-6-19-18(21)12-20(23-19)22(28)26(3)13-16-14-27(25-24-16)17-10-8-15(2)9-11-17/h5-12,14,23H,4,13H2,1-3H3. The Kier molecular flexibility index (Phi) is 5.03. The van der Waals surface area contributed by atoms with Crippen molar-refractivity contribution in [2.75, 3.05) is 13.7 Å². The van der Waals surface area contributed by atoms with Gasteiger partial charge in [-0.1, -0.05) is 29.0 Å². The van der Waals surface area contributed by atoms with E-state index in [-0.39, 0.29) is 5.91 Å². The average Bonchev–Trinajstić information content (AvgIpc) is 3.36. The number of nitrogens with zero attached hydrogens (tertiary/aromatic N) is 4. The fourth-order valence-corrected chi connectivity index (χ4v) is 3.24. The van der Waals surface area contributed by atoms with Gasteiger partial charge in [0, 0.05) is 18.0 Å². The second-order valence-electron chi connectivity index (χ2n) is 6.98. The van der Waals surface area contributed by atoms with E-state index in [1.54, 1.807) is 16.6 Å². The first kappa shape index (κ1) is 18.7. The molecule has 0 bridgehead atoms. The Balaban J connectivity index is 1.51. The lowest BCUT2D eigenvalue weighted by Crippen LogP contribution is -2.26. The predicted molar refractivity (Wildman–Crippen MR) is 111 cm³/mol. The van der Waals surface area contributed by atoms with Crippen LogP contribution in [0, 0.1) is 6.92 Å². The van der Waals surface area contributed by atoms with E-state index in [4.69, 9.17) is 4.74 Å². The number of H-pyrrole nitrogens is 1. The number of nitrogens with one attached hydrogen (secondary N) is 1. The number of aryl methyl sites for hydroxylation is 1. The number of aromatic amines is 1. The average molecular weight is 389 g/mol. The Morgan fingerprint density at radius 1 is 1.21 bits per heavy atom. The van der Waals surface area contributed by atoms with Gasteiger partial charge in [-0.05, 0) is 44.2 Å². The van der Waals surface area contributed by atoms with E-state index in [2.05, 4.69) is 15.3 Å². The highest BCUT2D eigenvalue weighted by atomic mass is 16.5. The van der Waals surface area contributed by atoms with Gasteiger partial charge >= 0.3 is 0 Å². The molecule has 2 aromatic heterocycles. The second kappa shape index (κ2) is 7.79. The molecular formula is C22H23N5O2. The zero-order valence-electron chi connectivity index (χ0n) is 16.7. The molecule has 0 saturated carbocycles. The lowest BCUT2D eigenvalue weighted by Gasteiger charge is -2.14. The van der Waals surface area contributed by atoms with Crippen molar-refractivity contribution in [3.05, 3.63) is 71.7 Å². The lowest BCUT2D eigenvalue weighted by atomic mass is 10.2. The molecule has 2 heterocycles. The van der Waals surface area contributed by atoms with Crippen LogP contribution in [0.2, 0.25) is 0 Å². The van der Waals surface area contributed by atoms with Crippen LogP contribution in [0.25, 0.3) is 16.6 Å². The summed E-state index contributed by atoms with van der Waals surface area (Å²) in [7, 11) is 1.75. The Morgan fingerprint density at radius 2 is 2.00 bits per heavy atom. The molecule has 0 saturated heterocycles. The van der Waals surface area contributed by atoms with Gasteiger partial charge in [-0.15, -0.1) is 5.10 Å². The number of hydrogen-bond donors (Lipinski definition) is 1. The van der Waals surface area contributed by atoms with Gasteiger partial charge in [0.2, 0.25) is 0 Å². The highest BCUT2D eigenvalue weighted by Gasteiger charge is 2.17. The predicted octanol–water partition coefficient (Wildman–Crippen LogP) is 3.73. The quantitative estimate of drug-likeness (QED) is 0.545. The number of carbonyl (C=O) groups is 1. The summed E-state index contributed by atoms with van der Waals surface area (Å²) in [6.45, 7) is 4.91. The van der Waals surface area contributed by atoms with Crippen molar-refractivity contribution < 1.29 is 9.53 Å². The minimum Gasteiger partial charge on any atom is -0.493 e. The number of benzene rings is 2. The summed E-state index contributed by atoms with van der Waals surface area (Å²) in [5, 5.41) is 9.27. The van der Waals surface area contributed by atoms with E-state index >= 15 is 0 Å². The van der Waals surface area contributed by atoms with Crippen molar-refractivity contribution >= 4 is 16.8 Å². The van der Waals surface area contributed by atoms with Gasteiger partial charge in [0.25, 0.3) is 5.91 Å². The minimum atomic E-state index is -0.117. The van der Waals surface area contributed by atoms with Crippen LogP contribution in [0.4, 0.5) is 0 Å². The van der Waals surface area contributed by atoms with Crippen LogP contribution in [-0.2, 0) is 6.54 Å². The minimum absolute atomic E-state index is 0.117. The zero-order valence-corrected chi connectivity index (χ0v) is 16.7. The third-order valence-corrected chi connectivity index (χ3v) is 4.74. The summed E-state index contributed by atoms with van der Waals surface area (Å²) < 4.78 is 7.37. The first-order chi connectivity index (χ1) is 14.0. The van der Waals surface area contributed by atoms with Crippen LogP contribution in [0.3, 0.4) is 0 Å². The number of hydrogen-bond acceptors (Lipinski definition) is 4. The van der Waals surface area contributed by atoms with Crippen LogP contribution in [0.5, 0.6) is 5.75 Å². The smallest absolute Gasteiger partial charge is 0.270 e. The Hall–Kier alpha value is -3.61. The maximum atomic E-state index is 12.9. The van der Waals surface area contributed by atoms with Crippen LogP contribution >= 0.6 is 0 Å². The highest BCUT2D eigenvalue weighted by Crippen LogP contribution is 2.27. The Labute approximate surface area is 168 Å². The largest absolute Gasteiger partial charge is 0.493 e. The summed E-state index contributed by atoms with van der Waals surface area (Å²) in [5.74, 6) is 0.650. The van der Waals surface area contributed by atoms with Gasteiger partial charge in [0.05, 0.1) is 25.0 Å². The van der Waals surface area contributed by atoms with Gasteiger partial charge < -0.3 is 14.6 Å². The first-order valence-electron chi connectivity index (χ1n) is 9.53. The zero-order chi connectivity index (χ0) is 20.4. The molecule has 1 N–H and O–H groups in total. The summed E-state index contributed by atoms with van der Waals surface area (Å²) in [6.07, 6.45) is 1.84. The molecule has 0 atom stereocenters. The summed E-state index contributed by atoms with van der Waals surface area (Å²) >= 11 is 0. The maximum Gasteiger partial charge on any atom is 0.270 e. The molecular weight excluding hydrogens is 366 g/mol. The van der Waals surface area contributed by atoms with E-state index in [0.29, 0.717) is 24.5 Å². The SMILES string of the molecule is CCOc1cccc2[nH]c(C(=O)N(C)Cc3cn(-c4ccc(C)cc4)nn3)cc12. The van der Waals surface area contributed by atoms with Crippen molar-refractivity contribution in [3.8, 4) is 11.4 Å². The van der Waals surface area contributed by atoms with Crippen molar-refractivity contribution in [3.63, 3.8) is 0 Å². The number of fused-ring (bicyclic) bond motifs is 1.